The third-order valence-corrected chi connectivity index (χ3v) is 3.15. The van der Waals surface area contributed by atoms with Crippen LogP contribution in [-0.2, 0) is 10.0 Å². The molecular weight excluding hydrogens is 228 g/mol. The lowest BCUT2D eigenvalue weighted by molar-refractivity contribution is -0.239. The molecule has 1 amide bonds. The second-order valence-corrected chi connectivity index (χ2v) is 7.35. The molecule has 0 aromatic carbocycles. The van der Waals surface area contributed by atoms with Crippen molar-refractivity contribution >= 4 is 5.91 Å². The topological polar surface area (TPSA) is 52.2 Å². The monoisotopic (exact) mass is 253 g/mol. The van der Waals surface area contributed by atoms with Gasteiger partial charge in [0.15, 0.2) is 0 Å². The zero-order valence-electron chi connectivity index (χ0n) is 12.5. The Labute approximate surface area is 110 Å². The predicted molar refractivity (Wildman–Crippen MR) is 71.0 cm³/mol. The summed E-state index contributed by atoms with van der Waals surface area (Å²) in [5.41, 5.74) is -0.609. The van der Waals surface area contributed by atoms with Gasteiger partial charge in [-0.25, -0.2) is 0 Å². The van der Waals surface area contributed by atoms with E-state index >= 15 is 0 Å². The van der Waals surface area contributed by atoms with Crippen LogP contribution in [0.3, 0.4) is 0 Å². The minimum Gasteiger partial charge on any atom is -0.328 e. The van der Waals surface area contributed by atoms with Gasteiger partial charge in [0.05, 0.1) is 11.1 Å². The molecule has 0 bridgehead atoms. The maximum atomic E-state index is 12.1. The van der Waals surface area contributed by atoms with E-state index in [9.17, 15) is 10.0 Å². The first kappa shape index (κ1) is 15.2. The van der Waals surface area contributed by atoms with Gasteiger partial charge in [0.2, 0.25) is 5.91 Å². The molecule has 0 fully saturated rings. The van der Waals surface area contributed by atoms with Crippen molar-refractivity contribution in [2.24, 2.45) is 5.41 Å². The number of nitrogens with zero attached hydrogens (tertiary/aromatic N) is 1. The summed E-state index contributed by atoms with van der Waals surface area (Å²) in [6.45, 7) is 13.4. The summed E-state index contributed by atoms with van der Waals surface area (Å²) in [5.74, 6) is -0.0343. The van der Waals surface area contributed by atoms with Crippen molar-refractivity contribution in [1.29, 1.82) is 0 Å². The van der Waals surface area contributed by atoms with Crippen LogP contribution in [0.2, 0.25) is 0 Å². The lowest BCUT2D eigenvalue weighted by Crippen LogP contribution is -2.49. The van der Waals surface area contributed by atoms with Crippen molar-refractivity contribution in [3.05, 3.63) is 11.8 Å². The highest BCUT2D eigenvalue weighted by Gasteiger charge is 2.47. The number of carbonyl (C=O) groups is 1. The maximum absolute atomic E-state index is 12.1. The van der Waals surface area contributed by atoms with Crippen LogP contribution in [0.5, 0.6) is 0 Å². The Morgan fingerprint density at radius 3 is 2.11 bits per heavy atom. The van der Waals surface area contributed by atoms with E-state index in [4.69, 9.17) is 0 Å². The predicted octanol–water partition coefficient (Wildman–Crippen LogP) is 2.64. The van der Waals surface area contributed by atoms with Crippen molar-refractivity contribution in [3.63, 3.8) is 0 Å². The highest BCUT2D eigenvalue weighted by molar-refractivity contribution is 5.79. The van der Waals surface area contributed by atoms with Gasteiger partial charge in [0.1, 0.15) is 0 Å². The fourth-order valence-corrected chi connectivity index (χ4v) is 2.28. The van der Waals surface area contributed by atoms with E-state index in [1.807, 2.05) is 54.5 Å². The Kier molecular flexibility index (Phi) is 3.67. The molecule has 1 aliphatic heterocycles. The molecule has 1 N–H and O–H groups in total. The zero-order chi connectivity index (χ0) is 14.4. The standard InChI is InChI=1S/C14H25N2O2/c1-12(2,3)9-11(17)15-10-8-13(4,5)16(18)14(10,6)7/h8H,9H2,1-7H3,(H,15,17). The maximum Gasteiger partial charge on any atom is 0.224 e. The molecular formula is C14H25N2O2. The molecule has 1 aliphatic rings. The fourth-order valence-electron chi connectivity index (χ4n) is 2.28. The van der Waals surface area contributed by atoms with E-state index in [2.05, 4.69) is 5.32 Å². The molecule has 0 atom stereocenters. The fraction of sp³-hybridized carbons (Fsp3) is 0.786. The van der Waals surface area contributed by atoms with Crippen LogP contribution >= 0.6 is 0 Å². The van der Waals surface area contributed by atoms with Crippen LogP contribution < -0.4 is 5.32 Å². The van der Waals surface area contributed by atoms with Gasteiger partial charge in [-0.2, -0.15) is 0 Å². The Morgan fingerprint density at radius 1 is 1.28 bits per heavy atom. The van der Waals surface area contributed by atoms with E-state index in [1.165, 1.54) is 0 Å². The third kappa shape index (κ3) is 3.12. The third-order valence-electron chi connectivity index (χ3n) is 3.15. The van der Waals surface area contributed by atoms with Gasteiger partial charge >= 0.3 is 0 Å². The normalized spacial score (nSPS) is 22.8. The highest BCUT2D eigenvalue weighted by Crippen LogP contribution is 2.37. The van der Waals surface area contributed by atoms with Crippen molar-refractivity contribution in [2.45, 2.75) is 66.0 Å². The number of nitrogens with one attached hydrogen (secondary N) is 1. The molecule has 0 aliphatic carbocycles. The minimum absolute atomic E-state index is 0.0343. The summed E-state index contributed by atoms with van der Waals surface area (Å²) < 4.78 is 0. The van der Waals surface area contributed by atoms with E-state index in [0.29, 0.717) is 12.1 Å². The second kappa shape index (κ2) is 4.35. The van der Waals surface area contributed by atoms with Crippen molar-refractivity contribution in [1.82, 2.24) is 10.4 Å². The Hall–Kier alpha value is -0.870. The van der Waals surface area contributed by atoms with Crippen LogP contribution in [-0.4, -0.2) is 22.0 Å². The summed E-state index contributed by atoms with van der Waals surface area (Å²) in [6.07, 6.45) is 2.29. The van der Waals surface area contributed by atoms with Gasteiger partial charge in [-0.15, -0.1) is 10.3 Å². The number of rotatable bonds is 2. The number of amides is 1. The van der Waals surface area contributed by atoms with E-state index in [0.717, 1.165) is 5.06 Å². The SMILES string of the molecule is CC(C)(C)CC(=O)NC1=CC(C)(C)N([O])C1(C)C. The number of carbonyl (C=O) groups excluding carboxylic acids is 1. The zero-order valence-corrected chi connectivity index (χ0v) is 12.5. The molecule has 1 heterocycles. The van der Waals surface area contributed by atoms with Gasteiger partial charge in [-0.05, 0) is 39.2 Å². The lowest BCUT2D eigenvalue weighted by atomic mass is 9.91. The quantitative estimate of drug-likeness (QED) is 0.822. The Bertz CT molecular complexity index is 376. The molecule has 1 radical (unpaired) electrons. The van der Waals surface area contributed by atoms with Crippen LogP contribution in [0.1, 0.15) is 54.9 Å². The van der Waals surface area contributed by atoms with Gasteiger partial charge in [-0.3, -0.25) is 4.79 Å². The van der Waals surface area contributed by atoms with E-state index in [-0.39, 0.29) is 11.3 Å². The van der Waals surface area contributed by atoms with Crippen LogP contribution in [0.15, 0.2) is 11.8 Å². The summed E-state index contributed by atoms with van der Waals surface area (Å²) in [7, 11) is 0. The molecule has 4 nitrogen and oxygen atoms in total. The summed E-state index contributed by atoms with van der Waals surface area (Å²) in [6, 6.07) is 0. The number of hydrogen-bond acceptors (Lipinski definition) is 2. The van der Waals surface area contributed by atoms with Gasteiger partial charge in [-0.1, -0.05) is 20.8 Å². The molecule has 1 rings (SSSR count). The van der Waals surface area contributed by atoms with Crippen molar-refractivity contribution < 1.29 is 10.0 Å². The van der Waals surface area contributed by atoms with Crippen LogP contribution in [0.25, 0.3) is 0 Å². The molecule has 0 spiro atoms. The number of hydrogen-bond donors (Lipinski definition) is 1. The van der Waals surface area contributed by atoms with Gasteiger partial charge < -0.3 is 5.32 Å². The smallest absolute Gasteiger partial charge is 0.224 e. The lowest BCUT2D eigenvalue weighted by Gasteiger charge is -2.33. The highest BCUT2D eigenvalue weighted by atomic mass is 16.5. The van der Waals surface area contributed by atoms with E-state index in [1.54, 1.807) is 0 Å². The Balaban J connectivity index is 2.82. The molecule has 0 aromatic rings. The molecule has 0 saturated carbocycles. The van der Waals surface area contributed by atoms with Gasteiger partial charge in [0, 0.05) is 12.1 Å². The molecule has 0 saturated heterocycles. The first-order chi connectivity index (χ1) is 7.86. The number of hydroxylamine groups is 2. The molecule has 18 heavy (non-hydrogen) atoms. The van der Waals surface area contributed by atoms with Crippen molar-refractivity contribution in [3.8, 4) is 0 Å². The van der Waals surface area contributed by atoms with Crippen LogP contribution in [0.4, 0.5) is 0 Å². The minimum atomic E-state index is -0.683. The molecule has 4 heteroatoms. The van der Waals surface area contributed by atoms with Gasteiger partial charge in [0.25, 0.3) is 0 Å². The first-order valence-electron chi connectivity index (χ1n) is 6.37. The molecule has 0 unspecified atom stereocenters. The molecule has 0 aromatic heterocycles. The Morgan fingerprint density at radius 2 is 1.78 bits per heavy atom. The first-order valence-corrected chi connectivity index (χ1v) is 6.37. The molecule has 103 valence electrons. The second-order valence-electron chi connectivity index (χ2n) is 7.35. The van der Waals surface area contributed by atoms with Crippen LogP contribution in [0, 0.1) is 5.41 Å². The average molecular weight is 253 g/mol. The summed E-state index contributed by atoms with van der Waals surface area (Å²) >= 11 is 0. The van der Waals surface area contributed by atoms with E-state index < -0.39 is 11.1 Å². The van der Waals surface area contributed by atoms with Crippen molar-refractivity contribution in [2.75, 3.05) is 0 Å². The average Bonchev–Trinajstić information content (AvgIpc) is 2.24. The summed E-state index contributed by atoms with van der Waals surface area (Å²) in [4.78, 5) is 11.9. The summed E-state index contributed by atoms with van der Waals surface area (Å²) in [5, 5.41) is 16.1. The largest absolute Gasteiger partial charge is 0.328 e.